The molecule has 0 unspecified atom stereocenters. The first-order valence-corrected chi connectivity index (χ1v) is 6.34. The number of nitrogen functional groups attached to an aromatic ring is 1. The van der Waals surface area contributed by atoms with Crippen LogP contribution in [0.25, 0.3) is 0 Å². The molecule has 0 amide bonds. The fourth-order valence-electron chi connectivity index (χ4n) is 1.72. The number of anilines is 1. The monoisotopic (exact) mass is 238 g/mol. The molecule has 0 aliphatic carbocycles. The number of hydrogen-bond donors (Lipinski definition) is 2. The largest absolute Gasteiger partial charge is 0.396 e. The first-order chi connectivity index (χ1) is 8.09. The third kappa shape index (κ3) is 5.68. The van der Waals surface area contributed by atoms with Gasteiger partial charge in [-0.25, -0.2) is 4.39 Å². The second kappa shape index (κ2) is 7.28. The van der Waals surface area contributed by atoms with Crippen molar-refractivity contribution >= 4 is 5.69 Å². The topological polar surface area (TPSA) is 38.0 Å². The van der Waals surface area contributed by atoms with Crippen LogP contribution in [0.2, 0.25) is 0 Å². The standard InChI is InChI=1S/C14H23FN2/c1-11(2)5-3-4-8-17-10-12-6-7-14(16)13(15)9-12/h6-7,9,11,17H,3-5,8,10,16H2,1-2H3. The maximum absolute atomic E-state index is 13.1. The Balaban J connectivity index is 2.16. The van der Waals surface area contributed by atoms with Gasteiger partial charge in [0.2, 0.25) is 0 Å². The lowest BCUT2D eigenvalue weighted by Gasteiger charge is -2.07. The summed E-state index contributed by atoms with van der Waals surface area (Å²) in [7, 11) is 0. The van der Waals surface area contributed by atoms with Gasteiger partial charge in [0.25, 0.3) is 0 Å². The minimum Gasteiger partial charge on any atom is -0.396 e. The van der Waals surface area contributed by atoms with Crippen LogP contribution < -0.4 is 11.1 Å². The van der Waals surface area contributed by atoms with Crippen molar-refractivity contribution < 1.29 is 4.39 Å². The van der Waals surface area contributed by atoms with Crippen molar-refractivity contribution in [1.82, 2.24) is 5.32 Å². The molecule has 0 saturated heterocycles. The minimum absolute atomic E-state index is 0.214. The van der Waals surface area contributed by atoms with Gasteiger partial charge in [-0.05, 0) is 36.6 Å². The predicted octanol–water partition coefficient (Wildman–Crippen LogP) is 3.32. The summed E-state index contributed by atoms with van der Waals surface area (Å²) in [6.07, 6.45) is 3.70. The van der Waals surface area contributed by atoms with Gasteiger partial charge in [0.1, 0.15) is 5.82 Å². The second-order valence-electron chi connectivity index (χ2n) is 4.92. The Hall–Kier alpha value is -1.09. The lowest BCUT2D eigenvalue weighted by Crippen LogP contribution is -2.15. The van der Waals surface area contributed by atoms with E-state index < -0.39 is 0 Å². The van der Waals surface area contributed by atoms with Crippen LogP contribution >= 0.6 is 0 Å². The highest BCUT2D eigenvalue weighted by atomic mass is 19.1. The molecule has 1 aromatic carbocycles. The SMILES string of the molecule is CC(C)CCCCNCc1ccc(N)c(F)c1. The van der Waals surface area contributed by atoms with Crippen LogP contribution in [-0.4, -0.2) is 6.54 Å². The molecule has 17 heavy (non-hydrogen) atoms. The fourth-order valence-corrected chi connectivity index (χ4v) is 1.72. The summed E-state index contributed by atoms with van der Waals surface area (Å²) in [6.45, 7) is 6.17. The van der Waals surface area contributed by atoms with E-state index in [0.717, 1.165) is 18.0 Å². The summed E-state index contributed by atoms with van der Waals surface area (Å²) >= 11 is 0. The Bertz CT molecular complexity index is 337. The van der Waals surface area contributed by atoms with Gasteiger partial charge in [0.15, 0.2) is 0 Å². The second-order valence-corrected chi connectivity index (χ2v) is 4.92. The molecule has 0 aromatic heterocycles. The van der Waals surface area contributed by atoms with Gasteiger partial charge in [-0.1, -0.05) is 32.8 Å². The Kier molecular flexibility index (Phi) is 5.98. The first-order valence-electron chi connectivity index (χ1n) is 6.34. The number of unbranched alkanes of at least 4 members (excludes halogenated alkanes) is 1. The highest BCUT2D eigenvalue weighted by molar-refractivity contribution is 5.41. The molecule has 0 bridgehead atoms. The van der Waals surface area contributed by atoms with Crippen molar-refractivity contribution in [3.63, 3.8) is 0 Å². The number of halogens is 1. The van der Waals surface area contributed by atoms with E-state index >= 15 is 0 Å². The zero-order chi connectivity index (χ0) is 12.7. The van der Waals surface area contributed by atoms with Gasteiger partial charge in [0.05, 0.1) is 5.69 Å². The number of nitrogens with two attached hydrogens (primary N) is 1. The zero-order valence-electron chi connectivity index (χ0n) is 10.8. The van der Waals surface area contributed by atoms with Gasteiger partial charge in [-0.15, -0.1) is 0 Å². The first kappa shape index (κ1) is 14.0. The summed E-state index contributed by atoms with van der Waals surface area (Å²) in [5.74, 6) is 0.449. The van der Waals surface area contributed by atoms with Crippen LogP contribution in [-0.2, 0) is 6.54 Å². The quantitative estimate of drug-likeness (QED) is 0.565. The Morgan fingerprint density at radius 2 is 2.06 bits per heavy atom. The third-order valence-corrected chi connectivity index (χ3v) is 2.78. The normalized spacial score (nSPS) is 11.1. The molecule has 0 fully saturated rings. The van der Waals surface area contributed by atoms with E-state index in [4.69, 9.17) is 5.73 Å². The minimum atomic E-state index is -0.330. The van der Waals surface area contributed by atoms with Crippen LogP contribution in [0.3, 0.4) is 0 Å². The average molecular weight is 238 g/mol. The summed E-state index contributed by atoms with van der Waals surface area (Å²) in [5.41, 5.74) is 6.57. The Labute approximate surface area is 103 Å². The summed E-state index contributed by atoms with van der Waals surface area (Å²) in [6, 6.07) is 4.97. The Morgan fingerprint density at radius 1 is 1.29 bits per heavy atom. The predicted molar refractivity (Wildman–Crippen MR) is 71.2 cm³/mol. The number of rotatable bonds is 7. The Morgan fingerprint density at radius 3 is 2.71 bits per heavy atom. The molecule has 1 rings (SSSR count). The van der Waals surface area contributed by atoms with E-state index in [2.05, 4.69) is 19.2 Å². The van der Waals surface area contributed by atoms with E-state index in [0.29, 0.717) is 6.54 Å². The summed E-state index contributed by atoms with van der Waals surface area (Å²) in [4.78, 5) is 0. The third-order valence-electron chi connectivity index (χ3n) is 2.78. The van der Waals surface area contributed by atoms with Gasteiger partial charge < -0.3 is 11.1 Å². The maximum atomic E-state index is 13.1. The lowest BCUT2D eigenvalue weighted by molar-refractivity contribution is 0.520. The van der Waals surface area contributed by atoms with Crippen LogP contribution in [0, 0.1) is 11.7 Å². The zero-order valence-corrected chi connectivity index (χ0v) is 10.8. The molecule has 2 nitrogen and oxygen atoms in total. The van der Waals surface area contributed by atoms with Gasteiger partial charge >= 0.3 is 0 Å². The molecule has 0 radical (unpaired) electrons. The lowest BCUT2D eigenvalue weighted by atomic mass is 10.1. The molecule has 0 heterocycles. The van der Waals surface area contributed by atoms with Gasteiger partial charge in [0, 0.05) is 6.54 Å². The molecule has 0 atom stereocenters. The van der Waals surface area contributed by atoms with E-state index in [1.54, 1.807) is 6.07 Å². The number of nitrogens with one attached hydrogen (secondary N) is 1. The summed E-state index contributed by atoms with van der Waals surface area (Å²) in [5, 5.41) is 3.31. The van der Waals surface area contributed by atoms with Gasteiger partial charge in [-0.2, -0.15) is 0 Å². The average Bonchev–Trinajstić information content (AvgIpc) is 2.27. The highest BCUT2D eigenvalue weighted by Gasteiger charge is 1.99. The van der Waals surface area contributed by atoms with E-state index in [-0.39, 0.29) is 11.5 Å². The van der Waals surface area contributed by atoms with Crippen molar-refractivity contribution in [3.05, 3.63) is 29.6 Å². The molecule has 0 aliphatic rings. The molecule has 0 saturated carbocycles. The van der Waals surface area contributed by atoms with Crippen LogP contribution in [0.15, 0.2) is 18.2 Å². The molecular formula is C14H23FN2. The molecule has 3 N–H and O–H groups in total. The van der Waals surface area contributed by atoms with E-state index in [1.165, 1.54) is 25.3 Å². The fraction of sp³-hybridized carbons (Fsp3) is 0.571. The molecular weight excluding hydrogens is 215 g/mol. The van der Waals surface area contributed by atoms with Crippen LogP contribution in [0.4, 0.5) is 10.1 Å². The van der Waals surface area contributed by atoms with Crippen molar-refractivity contribution in [1.29, 1.82) is 0 Å². The van der Waals surface area contributed by atoms with Crippen molar-refractivity contribution in [2.45, 2.75) is 39.7 Å². The van der Waals surface area contributed by atoms with Crippen LogP contribution in [0.1, 0.15) is 38.7 Å². The molecule has 1 aromatic rings. The highest BCUT2D eigenvalue weighted by Crippen LogP contribution is 2.11. The number of benzene rings is 1. The van der Waals surface area contributed by atoms with Crippen molar-refractivity contribution in [3.8, 4) is 0 Å². The maximum Gasteiger partial charge on any atom is 0.146 e. The van der Waals surface area contributed by atoms with E-state index in [9.17, 15) is 4.39 Å². The van der Waals surface area contributed by atoms with E-state index in [1.807, 2.05) is 6.07 Å². The van der Waals surface area contributed by atoms with Crippen molar-refractivity contribution in [2.24, 2.45) is 5.92 Å². The summed E-state index contributed by atoms with van der Waals surface area (Å²) < 4.78 is 13.1. The van der Waals surface area contributed by atoms with Crippen molar-refractivity contribution in [2.75, 3.05) is 12.3 Å². The smallest absolute Gasteiger partial charge is 0.146 e. The molecule has 96 valence electrons. The van der Waals surface area contributed by atoms with Crippen LogP contribution in [0.5, 0.6) is 0 Å². The number of hydrogen-bond acceptors (Lipinski definition) is 2. The van der Waals surface area contributed by atoms with Gasteiger partial charge in [-0.3, -0.25) is 0 Å². The molecule has 0 aliphatic heterocycles. The molecule has 0 spiro atoms. The molecule has 3 heteroatoms.